The summed E-state index contributed by atoms with van der Waals surface area (Å²) in [6.07, 6.45) is 4.67. The summed E-state index contributed by atoms with van der Waals surface area (Å²) in [6, 6.07) is 4.05. The average Bonchev–Trinajstić information content (AvgIpc) is 2.26. The molecule has 0 fully saturated rings. The highest BCUT2D eigenvalue weighted by molar-refractivity contribution is 5.71. The summed E-state index contributed by atoms with van der Waals surface area (Å²) >= 11 is 0. The number of benzene rings is 1. The van der Waals surface area contributed by atoms with Gasteiger partial charge in [0.2, 0.25) is 0 Å². The Morgan fingerprint density at radius 2 is 1.86 bits per heavy atom. The minimum absolute atomic E-state index is 0.854. The summed E-state index contributed by atoms with van der Waals surface area (Å²) < 4.78 is 5.26. The Morgan fingerprint density at radius 3 is 2.29 bits per heavy atom. The molecule has 1 aromatic rings. The lowest BCUT2D eigenvalue weighted by Gasteiger charge is -2.11. The molecule has 0 unspecified atom stereocenters. The van der Waals surface area contributed by atoms with Crippen LogP contribution in [-0.2, 0) is 6.42 Å². The maximum absolute atomic E-state index is 5.26. The molecule has 74 valence electrons. The Hall–Kier alpha value is -1.50. The average molecular weight is 188 g/mol. The highest BCUT2D eigenvalue weighted by atomic mass is 16.5. The summed E-state index contributed by atoms with van der Waals surface area (Å²) in [4.78, 5) is 0. The maximum atomic E-state index is 5.26. The number of aryl methyl sites for hydroxylation is 1. The molecule has 0 aromatic heterocycles. The molecule has 14 heavy (non-hydrogen) atoms. The van der Waals surface area contributed by atoms with Crippen molar-refractivity contribution in [2.24, 2.45) is 0 Å². The van der Waals surface area contributed by atoms with Crippen molar-refractivity contribution < 1.29 is 4.74 Å². The van der Waals surface area contributed by atoms with Crippen molar-refractivity contribution in [1.29, 1.82) is 0 Å². The predicted molar refractivity (Wildman–Crippen MR) is 62.6 cm³/mol. The first-order chi connectivity index (χ1) is 6.78. The first-order valence-corrected chi connectivity index (χ1v) is 4.73. The van der Waals surface area contributed by atoms with Crippen molar-refractivity contribution >= 4 is 12.2 Å². The summed E-state index contributed by atoms with van der Waals surface area (Å²) in [5.41, 5.74) is 3.43. The van der Waals surface area contributed by atoms with Crippen LogP contribution in [0.4, 0.5) is 0 Å². The molecule has 0 radical (unpaired) electrons. The molecule has 1 rings (SSSR count). The van der Waals surface area contributed by atoms with Crippen molar-refractivity contribution in [3.05, 3.63) is 42.0 Å². The van der Waals surface area contributed by atoms with Crippen molar-refractivity contribution in [2.45, 2.75) is 13.3 Å². The Morgan fingerprint density at radius 1 is 1.21 bits per heavy atom. The lowest BCUT2D eigenvalue weighted by Crippen LogP contribution is -1.94. The first kappa shape index (κ1) is 10.6. The van der Waals surface area contributed by atoms with Gasteiger partial charge in [-0.25, -0.2) is 0 Å². The van der Waals surface area contributed by atoms with Gasteiger partial charge in [-0.15, -0.1) is 0 Å². The van der Waals surface area contributed by atoms with Crippen LogP contribution < -0.4 is 4.74 Å². The molecule has 0 N–H and O–H groups in total. The molecule has 0 aliphatic heterocycles. The van der Waals surface area contributed by atoms with E-state index in [1.807, 2.05) is 18.2 Å². The molecule has 0 bridgehead atoms. The van der Waals surface area contributed by atoms with Gasteiger partial charge in [-0.05, 0) is 23.6 Å². The fraction of sp³-hybridized carbons (Fsp3) is 0.231. The van der Waals surface area contributed by atoms with E-state index in [0.717, 1.165) is 23.3 Å². The number of methoxy groups -OCH3 is 1. The topological polar surface area (TPSA) is 9.23 Å². The van der Waals surface area contributed by atoms with Gasteiger partial charge >= 0.3 is 0 Å². The van der Waals surface area contributed by atoms with Crippen LogP contribution in [0.1, 0.15) is 23.6 Å². The van der Waals surface area contributed by atoms with Gasteiger partial charge in [-0.2, -0.15) is 0 Å². The van der Waals surface area contributed by atoms with E-state index in [0.29, 0.717) is 0 Å². The molecule has 1 nitrogen and oxygen atoms in total. The molecular formula is C13H16O. The zero-order valence-electron chi connectivity index (χ0n) is 8.84. The van der Waals surface area contributed by atoms with E-state index >= 15 is 0 Å². The molecule has 0 amide bonds. The van der Waals surface area contributed by atoms with Crippen LogP contribution in [-0.4, -0.2) is 7.11 Å². The summed E-state index contributed by atoms with van der Waals surface area (Å²) in [5, 5.41) is 0. The van der Waals surface area contributed by atoms with Crippen LogP contribution in [0.3, 0.4) is 0 Å². The van der Waals surface area contributed by atoms with Crippen LogP contribution in [0.25, 0.3) is 12.2 Å². The highest BCUT2D eigenvalue weighted by Crippen LogP contribution is 2.27. The second-order valence-corrected chi connectivity index (χ2v) is 3.02. The van der Waals surface area contributed by atoms with Crippen molar-refractivity contribution in [2.75, 3.05) is 7.11 Å². The predicted octanol–water partition coefficient (Wildman–Crippen LogP) is 3.54. The first-order valence-electron chi connectivity index (χ1n) is 4.73. The van der Waals surface area contributed by atoms with Crippen LogP contribution in [0, 0.1) is 0 Å². The van der Waals surface area contributed by atoms with E-state index in [1.165, 1.54) is 5.56 Å². The zero-order chi connectivity index (χ0) is 10.6. The fourth-order valence-corrected chi connectivity index (χ4v) is 1.60. The number of rotatable bonds is 4. The number of hydrogen-bond acceptors (Lipinski definition) is 1. The second-order valence-electron chi connectivity index (χ2n) is 3.02. The molecule has 0 heterocycles. The van der Waals surface area contributed by atoms with Gasteiger partial charge in [0, 0.05) is 5.56 Å². The highest BCUT2D eigenvalue weighted by Gasteiger charge is 2.07. The lowest BCUT2D eigenvalue weighted by atomic mass is 9.98. The van der Waals surface area contributed by atoms with Gasteiger partial charge in [0.05, 0.1) is 7.11 Å². The van der Waals surface area contributed by atoms with Crippen LogP contribution in [0.2, 0.25) is 0 Å². The van der Waals surface area contributed by atoms with Crippen molar-refractivity contribution in [3.63, 3.8) is 0 Å². The molecule has 0 aliphatic carbocycles. The van der Waals surface area contributed by atoms with Gasteiger partial charge in [0.15, 0.2) is 0 Å². The Labute approximate surface area is 85.7 Å². The monoisotopic (exact) mass is 188 g/mol. The fourth-order valence-electron chi connectivity index (χ4n) is 1.60. The second kappa shape index (κ2) is 4.66. The van der Waals surface area contributed by atoms with E-state index in [9.17, 15) is 0 Å². The van der Waals surface area contributed by atoms with E-state index in [4.69, 9.17) is 4.74 Å². The minimum atomic E-state index is 0.854. The van der Waals surface area contributed by atoms with Crippen LogP contribution in [0.15, 0.2) is 25.3 Å². The van der Waals surface area contributed by atoms with Gasteiger partial charge in [-0.3, -0.25) is 0 Å². The van der Waals surface area contributed by atoms with Gasteiger partial charge < -0.3 is 4.74 Å². The molecule has 0 saturated heterocycles. The lowest BCUT2D eigenvalue weighted by molar-refractivity contribution is 0.413. The normalized spacial score (nSPS) is 9.57. The van der Waals surface area contributed by atoms with E-state index in [1.54, 1.807) is 7.11 Å². The molecule has 1 aromatic carbocycles. The summed E-state index contributed by atoms with van der Waals surface area (Å²) in [6.45, 7) is 9.74. The third kappa shape index (κ3) is 1.72. The van der Waals surface area contributed by atoms with Crippen molar-refractivity contribution in [3.8, 4) is 5.75 Å². The van der Waals surface area contributed by atoms with Gasteiger partial charge in [0.1, 0.15) is 5.75 Å². The standard InChI is InChI=1S/C13H16O/c1-5-10-8-9-13(14-4)12(7-3)11(10)6-2/h6-9H,2-3,5H2,1,4H3. The third-order valence-electron chi connectivity index (χ3n) is 2.35. The van der Waals surface area contributed by atoms with E-state index in [2.05, 4.69) is 26.1 Å². The molecular weight excluding hydrogens is 172 g/mol. The van der Waals surface area contributed by atoms with Gasteiger partial charge in [0.25, 0.3) is 0 Å². The third-order valence-corrected chi connectivity index (χ3v) is 2.35. The molecule has 0 aliphatic rings. The SMILES string of the molecule is C=Cc1c(CC)ccc(OC)c1C=C. The smallest absolute Gasteiger partial charge is 0.126 e. The Bertz CT molecular complexity index is 315. The summed E-state index contributed by atoms with van der Waals surface area (Å²) in [7, 11) is 1.67. The van der Waals surface area contributed by atoms with E-state index in [-0.39, 0.29) is 0 Å². The zero-order valence-corrected chi connectivity index (χ0v) is 8.84. The molecule has 1 heteroatoms. The van der Waals surface area contributed by atoms with Gasteiger partial charge in [-0.1, -0.05) is 38.3 Å². The van der Waals surface area contributed by atoms with Crippen LogP contribution >= 0.6 is 0 Å². The minimum Gasteiger partial charge on any atom is -0.496 e. The quantitative estimate of drug-likeness (QED) is 0.702. The number of hydrogen-bond donors (Lipinski definition) is 0. The number of ether oxygens (including phenoxy) is 1. The Kier molecular flexibility index (Phi) is 3.52. The molecule has 0 spiro atoms. The summed E-state index contributed by atoms with van der Waals surface area (Å²) in [5.74, 6) is 0.854. The largest absolute Gasteiger partial charge is 0.496 e. The molecule has 0 atom stereocenters. The Balaban J connectivity index is 3.43. The van der Waals surface area contributed by atoms with Crippen molar-refractivity contribution in [1.82, 2.24) is 0 Å². The van der Waals surface area contributed by atoms with E-state index < -0.39 is 0 Å². The van der Waals surface area contributed by atoms with Crippen LogP contribution in [0.5, 0.6) is 5.75 Å². The maximum Gasteiger partial charge on any atom is 0.126 e. The molecule has 0 saturated carbocycles.